The van der Waals surface area contributed by atoms with Crippen molar-refractivity contribution in [1.29, 1.82) is 0 Å². The summed E-state index contributed by atoms with van der Waals surface area (Å²) in [6, 6.07) is 0.758. The van der Waals surface area contributed by atoms with E-state index in [1.165, 1.54) is 64.2 Å². The molecule has 1 nitrogen and oxygen atoms in total. The maximum Gasteiger partial charge on any atom is 0.00780 e. The summed E-state index contributed by atoms with van der Waals surface area (Å²) in [5, 5.41) is 3.97. The lowest BCUT2D eigenvalue weighted by Gasteiger charge is -2.61. The second-order valence-electron chi connectivity index (χ2n) is 14.5. The molecule has 1 heteroatoms. The summed E-state index contributed by atoms with van der Waals surface area (Å²) in [7, 11) is 0. The number of allylic oxidation sites excluding steroid dienone is 2. The molecule has 0 spiro atoms. The third kappa shape index (κ3) is 4.62. The molecule has 0 unspecified atom stereocenters. The lowest BCUT2D eigenvalue weighted by Crippen LogP contribution is -2.55. The fourth-order valence-corrected chi connectivity index (χ4v) is 10.4. The predicted octanol–water partition coefficient (Wildman–Crippen LogP) is 8.81. The van der Waals surface area contributed by atoms with Crippen LogP contribution < -0.4 is 5.32 Å². The van der Waals surface area contributed by atoms with E-state index in [0.717, 1.165) is 54.0 Å². The van der Waals surface area contributed by atoms with Gasteiger partial charge >= 0.3 is 0 Å². The molecule has 4 saturated carbocycles. The maximum atomic E-state index is 3.97. The van der Waals surface area contributed by atoms with E-state index in [4.69, 9.17) is 0 Å². The third-order valence-corrected chi connectivity index (χ3v) is 12.3. The maximum absolute atomic E-state index is 3.97. The summed E-state index contributed by atoms with van der Waals surface area (Å²) < 4.78 is 0. The van der Waals surface area contributed by atoms with Crippen LogP contribution in [0, 0.1) is 58.2 Å². The molecule has 9 atom stereocenters. The molecule has 1 N–H and O–H groups in total. The Balaban J connectivity index is 1.20. The Bertz CT molecular complexity index is 738. The van der Waals surface area contributed by atoms with Crippen LogP contribution in [0.25, 0.3) is 0 Å². The van der Waals surface area contributed by atoms with Crippen molar-refractivity contribution in [2.75, 3.05) is 6.54 Å². The molecule has 0 heterocycles. The highest BCUT2D eigenvalue weighted by molar-refractivity contribution is 5.18. The summed E-state index contributed by atoms with van der Waals surface area (Å²) in [5.74, 6) is 7.46. The molecule has 0 radical (unpaired) electrons. The predicted molar refractivity (Wildman–Crippen MR) is 147 cm³/mol. The van der Waals surface area contributed by atoms with Gasteiger partial charge in [0.25, 0.3) is 0 Å². The van der Waals surface area contributed by atoms with Crippen molar-refractivity contribution in [3.8, 4) is 0 Å². The Morgan fingerprint density at radius 3 is 2.32 bits per heavy atom. The lowest BCUT2D eigenvalue weighted by atomic mass is 9.44. The molecule has 34 heavy (non-hydrogen) atoms. The first kappa shape index (κ1) is 25.1. The molecule has 0 amide bonds. The van der Waals surface area contributed by atoms with Crippen molar-refractivity contribution < 1.29 is 0 Å². The van der Waals surface area contributed by atoms with Crippen molar-refractivity contribution in [1.82, 2.24) is 5.32 Å². The van der Waals surface area contributed by atoms with E-state index in [1.54, 1.807) is 12.8 Å². The minimum Gasteiger partial charge on any atom is -0.313 e. The molecule has 0 bridgehead atoms. The van der Waals surface area contributed by atoms with E-state index in [9.17, 15) is 0 Å². The first-order valence-electron chi connectivity index (χ1n) is 15.4. The number of hydrogen-bond acceptors (Lipinski definition) is 1. The quantitative estimate of drug-likeness (QED) is 0.377. The molecular formula is C33H55N. The fraction of sp³-hybridized carbons (Fsp3) is 0.879. The van der Waals surface area contributed by atoms with Crippen LogP contribution in [0.2, 0.25) is 0 Å². The van der Waals surface area contributed by atoms with Crippen LogP contribution in [0.15, 0.2) is 24.3 Å². The van der Waals surface area contributed by atoms with Crippen LogP contribution in [0.3, 0.4) is 0 Å². The van der Waals surface area contributed by atoms with Crippen molar-refractivity contribution in [2.45, 2.75) is 118 Å². The van der Waals surface area contributed by atoms with E-state index in [-0.39, 0.29) is 0 Å². The van der Waals surface area contributed by atoms with Crippen LogP contribution in [-0.4, -0.2) is 12.6 Å². The van der Waals surface area contributed by atoms with Crippen molar-refractivity contribution in [3.63, 3.8) is 0 Å². The average molecular weight is 466 g/mol. The van der Waals surface area contributed by atoms with Gasteiger partial charge in [-0.1, -0.05) is 78.2 Å². The van der Waals surface area contributed by atoms with E-state index in [1.807, 2.05) is 0 Å². The van der Waals surface area contributed by atoms with Gasteiger partial charge < -0.3 is 5.32 Å². The van der Waals surface area contributed by atoms with Crippen LogP contribution >= 0.6 is 0 Å². The van der Waals surface area contributed by atoms with Gasteiger partial charge in [0.2, 0.25) is 0 Å². The summed E-state index contributed by atoms with van der Waals surface area (Å²) >= 11 is 0. The normalized spacial score (nSPS) is 44.8. The number of nitrogens with one attached hydrogen (secondary N) is 1. The van der Waals surface area contributed by atoms with Gasteiger partial charge in [-0.15, -0.1) is 0 Å². The number of hydrogen-bond donors (Lipinski definition) is 1. The molecule has 0 saturated heterocycles. The van der Waals surface area contributed by atoms with E-state index in [2.05, 4.69) is 64.2 Å². The first-order valence-corrected chi connectivity index (χ1v) is 15.4. The molecule has 0 aromatic heterocycles. The molecule has 192 valence electrons. The molecule has 5 rings (SSSR count). The minimum atomic E-state index is 0.622. The van der Waals surface area contributed by atoms with Gasteiger partial charge in [0.05, 0.1) is 0 Å². The summed E-state index contributed by atoms with van der Waals surface area (Å²) in [6.45, 7) is 14.1. The average Bonchev–Trinajstić information content (AvgIpc) is 3.44. The van der Waals surface area contributed by atoms with Crippen LogP contribution in [0.4, 0.5) is 0 Å². The molecular weight excluding hydrogens is 410 g/mol. The van der Waals surface area contributed by atoms with Crippen molar-refractivity contribution in [2.24, 2.45) is 58.2 Å². The van der Waals surface area contributed by atoms with E-state index < -0.39 is 0 Å². The Morgan fingerprint density at radius 1 is 0.824 bits per heavy atom. The van der Waals surface area contributed by atoms with Crippen LogP contribution in [-0.2, 0) is 0 Å². The van der Waals surface area contributed by atoms with Gasteiger partial charge in [-0.3, -0.25) is 0 Å². The zero-order valence-electron chi connectivity index (χ0n) is 23.2. The zero-order valence-corrected chi connectivity index (χ0v) is 23.2. The highest BCUT2D eigenvalue weighted by atomic mass is 14.9. The number of fused-ring (bicyclic) bond motifs is 5. The van der Waals surface area contributed by atoms with Gasteiger partial charge in [0.1, 0.15) is 0 Å². The summed E-state index contributed by atoms with van der Waals surface area (Å²) in [6.07, 6.45) is 27.0. The first-order chi connectivity index (χ1) is 16.3. The highest BCUT2D eigenvalue weighted by Gasteiger charge is 2.60. The standard InChI is InChI=1S/C33H55N/c1-23(2)9-8-10-24(3)29-15-16-30-28-14-13-26-21-27(34-22-25-11-6-7-12-25)17-19-32(26,4)31(28)18-20-33(29,30)5/h6-7,11-12,23-31,34H,8-10,13-22H2,1-5H3/t24-,26+,27-,28+,29-,30+,31+,32+,33-/m1/s1. The minimum absolute atomic E-state index is 0.622. The van der Waals surface area contributed by atoms with E-state index in [0.29, 0.717) is 16.7 Å². The smallest absolute Gasteiger partial charge is 0.00780 e. The van der Waals surface area contributed by atoms with Gasteiger partial charge in [-0.05, 0) is 110 Å². The molecule has 0 aromatic rings. The second-order valence-corrected chi connectivity index (χ2v) is 14.5. The Labute approximate surface area is 212 Å². The Kier molecular flexibility index (Phi) is 7.43. The van der Waals surface area contributed by atoms with Crippen molar-refractivity contribution in [3.05, 3.63) is 24.3 Å². The third-order valence-electron chi connectivity index (χ3n) is 12.3. The largest absolute Gasteiger partial charge is 0.313 e. The van der Waals surface area contributed by atoms with Gasteiger partial charge in [-0.2, -0.15) is 0 Å². The topological polar surface area (TPSA) is 12.0 Å². The van der Waals surface area contributed by atoms with Gasteiger partial charge in [0.15, 0.2) is 0 Å². The van der Waals surface area contributed by atoms with Gasteiger partial charge in [-0.25, -0.2) is 0 Å². The monoisotopic (exact) mass is 465 g/mol. The highest BCUT2D eigenvalue weighted by Crippen LogP contribution is 2.68. The van der Waals surface area contributed by atoms with Gasteiger partial charge in [0, 0.05) is 18.5 Å². The SMILES string of the molecule is CC(C)CCC[C@@H](C)[C@H]1CC[C@H]2[C@@H]3CC[C@H]4C[C@H](NCC5C=CC=C5)CC[C@]4(C)[C@H]3CC[C@]12C. The second kappa shape index (κ2) is 10.1. The molecule has 5 aliphatic carbocycles. The van der Waals surface area contributed by atoms with E-state index >= 15 is 0 Å². The van der Waals surface area contributed by atoms with Crippen LogP contribution in [0.5, 0.6) is 0 Å². The van der Waals surface area contributed by atoms with Crippen molar-refractivity contribution >= 4 is 0 Å². The zero-order chi connectivity index (χ0) is 23.9. The number of rotatable bonds is 8. The lowest BCUT2D eigenvalue weighted by molar-refractivity contribution is -0.118. The molecule has 0 aliphatic heterocycles. The van der Waals surface area contributed by atoms with Crippen LogP contribution in [0.1, 0.15) is 112 Å². The molecule has 5 aliphatic rings. The summed E-state index contributed by atoms with van der Waals surface area (Å²) in [5.41, 5.74) is 1.26. The Morgan fingerprint density at radius 2 is 1.56 bits per heavy atom. The fourth-order valence-electron chi connectivity index (χ4n) is 10.4. The Hall–Kier alpha value is -0.560. The summed E-state index contributed by atoms with van der Waals surface area (Å²) in [4.78, 5) is 0. The molecule has 4 fully saturated rings. The molecule has 0 aromatic carbocycles.